The number of hydrogen-bond donors (Lipinski definition) is 1. The maximum atomic E-state index is 11.5. The Bertz CT molecular complexity index is 331. The molecule has 0 radical (unpaired) electrons. The summed E-state index contributed by atoms with van der Waals surface area (Å²) in [4.78, 5) is 13.6. The minimum Gasteiger partial charge on any atom is -0.392 e. The van der Waals surface area contributed by atoms with E-state index in [2.05, 4.69) is 18.4 Å². The maximum absolute atomic E-state index is 11.5. The van der Waals surface area contributed by atoms with Gasteiger partial charge in [0.1, 0.15) is 5.78 Å². The molecular formula is C14H21NO2. The first-order valence-corrected chi connectivity index (χ1v) is 5.98. The minimum atomic E-state index is 0.0418. The minimum absolute atomic E-state index is 0.0418. The van der Waals surface area contributed by atoms with Crippen LogP contribution in [0.2, 0.25) is 0 Å². The second kappa shape index (κ2) is 7.20. The van der Waals surface area contributed by atoms with Crippen molar-refractivity contribution in [3.8, 4) is 0 Å². The van der Waals surface area contributed by atoms with Gasteiger partial charge in [-0.3, -0.25) is 9.69 Å². The third kappa shape index (κ3) is 5.11. The molecule has 94 valence electrons. The maximum Gasteiger partial charge on any atom is 0.147 e. The largest absolute Gasteiger partial charge is 0.392 e. The molecule has 3 nitrogen and oxygen atoms in total. The number of carbonyl (C=O) groups excluding carboxylic acids is 1. The van der Waals surface area contributed by atoms with Crippen molar-refractivity contribution in [1.82, 2.24) is 4.90 Å². The molecule has 1 saturated heterocycles. The fourth-order valence-electron chi connectivity index (χ4n) is 2.09. The van der Waals surface area contributed by atoms with Gasteiger partial charge in [0.05, 0.1) is 13.2 Å². The summed E-state index contributed by atoms with van der Waals surface area (Å²) in [7, 11) is 0. The van der Waals surface area contributed by atoms with Gasteiger partial charge in [0.25, 0.3) is 0 Å². The van der Waals surface area contributed by atoms with E-state index < -0.39 is 0 Å². The van der Waals surface area contributed by atoms with Crippen molar-refractivity contribution < 1.29 is 9.90 Å². The van der Waals surface area contributed by atoms with Crippen LogP contribution in [0.15, 0.2) is 36.5 Å². The quantitative estimate of drug-likeness (QED) is 0.735. The lowest BCUT2D eigenvalue weighted by molar-refractivity contribution is -0.123. The standard InChI is InChI=1S/C14H21NO2/c1-3-13(6-4-5-7-16)10-15-9-12(2)8-14(17)11-15/h3-6,12,16H,1,7-11H2,2H3/b5-4+,13-6+/t12-/m0/s1. The number of rotatable bonds is 5. The third-order valence-electron chi connectivity index (χ3n) is 2.77. The molecule has 1 heterocycles. The summed E-state index contributed by atoms with van der Waals surface area (Å²) in [6.07, 6.45) is 7.91. The van der Waals surface area contributed by atoms with Crippen molar-refractivity contribution in [2.45, 2.75) is 13.3 Å². The number of hydrogen-bond acceptors (Lipinski definition) is 3. The number of nitrogens with zero attached hydrogens (tertiary/aromatic N) is 1. The van der Waals surface area contributed by atoms with Gasteiger partial charge in [-0.25, -0.2) is 0 Å². The number of piperidine rings is 1. The molecule has 1 atom stereocenters. The average molecular weight is 235 g/mol. The Hall–Kier alpha value is -1.19. The highest BCUT2D eigenvalue weighted by molar-refractivity contribution is 5.81. The first-order chi connectivity index (χ1) is 8.15. The van der Waals surface area contributed by atoms with Crippen molar-refractivity contribution >= 4 is 5.78 Å². The molecular weight excluding hydrogens is 214 g/mol. The highest BCUT2D eigenvalue weighted by atomic mass is 16.2. The van der Waals surface area contributed by atoms with Crippen LogP contribution in [-0.4, -0.2) is 42.0 Å². The molecule has 1 aliphatic rings. The molecule has 3 heteroatoms. The van der Waals surface area contributed by atoms with Crippen LogP contribution in [0, 0.1) is 5.92 Å². The molecule has 0 amide bonds. The molecule has 17 heavy (non-hydrogen) atoms. The predicted molar refractivity (Wildman–Crippen MR) is 69.7 cm³/mol. The topological polar surface area (TPSA) is 40.5 Å². The van der Waals surface area contributed by atoms with Crippen LogP contribution < -0.4 is 0 Å². The first-order valence-electron chi connectivity index (χ1n) is 5.98. The Morgan fingerprint density at radius 3 is 3.00 bits per heavy atom. The van der Waals surface area contributed by atoms with E-state index in [0.29, 0.717) is 24.7 Å². The summed E-state index contributed by atoms with van der Waals surface area (Å²) < 4.78 is 0. The molecule has 1 fully saturated rings. The highest BCUT2D eigenvalue weighted by Gasteiger charge is 2.22. The van der Waals surface area contributed by atoms with E-state index >= 15 is 0 Å². The molecule has 0 spiro atoms. The zero-order valence-corrected chi connectivity index (χ0v) is 10.4. The summed E-state index contributed by atoms with van der Waals surface area (Å²) in [6, 6.07) is 0. The number of aliphatic hydroxyl groups excluding tert-OH is 1. The van der Waals surface area contributed by atoms with Crippen LogP contribution in [0.5, 0.6) is 0 Å². The Kier molecular flexibility index (Phi) is 5.87. The van der Waals surface area contributed by atoms with E-state index in [1.54, 1.807) is 12.2 Å². The Labute approximate surface area is 103 Å². The fourth-order valence-corrected chi connectivity index (χ4v) is 2.09. The van der Waals surface area contributed by atoms with Gasteiger partial charge < -0.3 is 5.11 Å². The lowest BCUT2D eigenvalue weighted by Gasteiger charge is -2.30. The van der Waals surface area contributed by atoms with Crippen molar-refractivity contribution in [3.63, 3.8) is 0 Å². The van der Waals surface area contributed by atoms with Crippen LogP contribution in [0.25, 0.3) is 0 Å². The lowest BCUT2D eigenvalue weighted by Crippen LogP contribution is -2.40. The molecule has 1 rings (SSSR count). The Balaban J connectivity index is 2.55. The molecule has 0 aliphatic carbocycles. The van der Waals surface area contributed by atoms with Crippen LogP contribution in [0.1, 0.15) is 13.3 Å². The summed E-state index contributed by atoms with van der Waals surface area (Å²) >= 11 is 0. The number of carbonyl (C=O) groups is 1. The van der Waals surface area contributed by atoms with Gasteiger partial charge in [0.15, 0.2) is 0 Å². The van der Waals surface area contributed by atoms with Gasteiger partial charge in [0, 0.05) is 19.5 Å². The zero-order valence-electron chi connectivity index (χ0n) is 10.4. The smallest absolute Gasteiger partial charge is 0.147 e. The average Bonchev–Trinajstić information content (AvgIpc) is 2.26. The van der Waals surface area contributed by atoms with Crippen LogP contribution in [-0.2, 0) is 4.79 Å². The number of ketones is 1. The van der Waals surface area contributed by atoms with Crippen molar-refractivity contribution in [1.29, 1.82) is 0 Å². The molecule has 0 saturated carbocycles. The molecule has 0 aromatic carbocycles. The van der Waals surface area contributed by atoms with E-state index in [9.17, 15) is 4.79 Å². The summed E-state index contributed by atoms with van der Waals surface area (Å²) in [6.45, 7) is 8.16. The van der Waals surface area contributed by atoms with Gasteiger partial charge >= 0.3 is 0 Å². The molecule has 1 N–H and O–H groups in total. The second-order valence-corrected chi connectivity index (χ2v) is 4.57. The summed E-state index contributed by atoms with van der Waals surface area (Å²) in [5, 5.41) is 8.65. The van der Waals surface area contributed by atoms with Crippen LogP contribution >= 0.6 is 0 Å². The number of aliphatic hydroxyl groups is 1. The van der Waals surface area contributed by atoms with Gasteiger partial charge in [0.2, 0.25) is 0 Å². The normalized spacial score (nSPS) is 23.3. The third-order valence-corrected chi connectivity index (χ3v) is 2.77. The molecule has 0 aromatic rings. The van der Waals surface area contributed by atoms with Crippen molar-refractivity contribution in [2.75, 3.05) is 26.2 Å². The Morgan fingerprint density at radius 2 is 2.41 bits per heavy atom. The monoisotopic (exact) mass is 235 g/mol. The van der Waals surface area contributed by atoms with Gasteiger partial charge in [-0.1, -0.05) is 37.8 Å². The predicted octanol–water partition coefficient (Wildman–Crippen LogP) is 1.56. The van der Waals surface area contributed by atoms with E-state index in [4.69, 9.17) is 5.11 Å². The first kappa shape index (κ1) is 13.9. The molecule has 0 bridgehead atoms. The molecule has 0 unspecified atom stereocenters. The SMILES string of the molecule is C=C/C(=C\C=C\CO)CN1CC(=O)C[C@H](C)C1. The zero-order chi connectivity index (χ0) is 12.7. The van der Waals surface area contributed by atoms with E-state index in [0.717, 1.165) is 18.7 Å². The summed E-state index contributed by atoms with van der Waals surface area (Å²) in [5.41, 5.74) is 1.07. The fraction of sp³-hybridized carbons (Fsp3) is 0.500. The van der Waals surface area contributed by atoms with Gasteiger partial charge in [-0.2, -0.15) is 0 Å². The van der Waals surface area contributed by atoms with Gasteiger partial charge in [-0.05, 0) is 11.5 Å². The number of Topliss-reactive ketones (excluding diaryl/α,β-unsaturated/α-hetero) is 1. The van der Waals surface area contributed by atoms with E-state index in [1.807, 2.05) is 12.2 Å². The van der Waals surface area contributed by atoms with Gasteiger partial charge in [-0.15, -0.1) is 0 Å². The lowest BCUT2D eigenvalue weighted by atomic mass is 9.98. The van der Waals surface area contributed by atoms with E-state index in [1.165, 1.54) is 0 Å². The number of allylic oxidation sites excluding steroid dienone is 2. The van der Waals surface area contributed by atoms with Crippen molar-refractivity contribution in [2.24, 2.45) is 5.92 Å². The van der Waals surface area contributed by atoms with Crippen molar-refractivity contribution in [3.05, 3.63) is 36.5 Å². The highest BCUT2D eigenvalue weighted by Crippen LogP contribution is 2.14. The number of likely N-dealkylation sites (tertiary alicyclic amines) is 1. The van der Waals surface area contributed by atoms with Crippen LogP contribution in [0.4, 0.5) is 0 Å². The molecule has 1 aliphatic heterocycles. The summed E-state index contributed by atoms with van der Waals surface area (Å²) in [5.74, 6) is 0.758. The Morgan fingerprint density at radius 1 is 1.65 bits per heavy atom. The van der Waals surface area contributed by atoms with Crippen LogP contribution in [0.3, 0.4) is 0 Å². The van der Waals surface area contributed by atoms with E-state index in [-0.39, 0.29) is 6.61 Å². The molecule has 0 aromatic heterocycles. The second-order valence-electron chi connectivity index (χ2n) is 4.57.